The van der Waals surface area contributed by atoms with E-state index in [0.29, 0.717) is 5.92 Å². The fourth-order valence-electron chi connectivity index (χ4n) is 2.37. The second kappa shape index (κ2) is 11.2. The Labute approximate surface area is 185 Å². The summed E-state index contributed by atoms with van der Waals surface area (Å²) in [5.74, 6) is 0.517. The van der Waals surface area contributed by atoms with Crippen molar-refractivity contribution in [1.82, 2.24) is 0 Å². The van der Waals surface area contributed by atoms with E-state index in [1.165, 1.54) is 12.1 Å². The average molecular weight is 523 g/mol. The molecule has 0 bridgehead atoms. The van der Waals surface area contributed by atoms with Crippen molar-refractivity contribution in [3.05, 3.63) is 59.7 Å². The molecule has 29 heavy (non-hydrogen) atoms. The summed E-state index contributed by atoms with van der Waals surface area (Å²) in [6, 6.07) is 12.2. The zero-order valence-corrected chi connectivity index (χ0v) is 18.4. The molecule has 9 heteroatoms. The van der Waals surface area contributed by atoms with Crippen LogP contribution in [-0.2, 0) is 6.18 Å². The van der Waals surface area contributed by atoms with Crippen LogP contribution in [0.25, 0.3) is 0 Å². The van der Waals surface area contributed by atoms with Gasteiger partial charge >= 0.3 is 6.18 Å². The van der Waals surface area contributed by atoms with Crippen LogP contribution < -0.4 is 15.8 Å². The third-order valence-electron chi connectivity index (χ3n) is 3.90. The van der Waals surface area contributed by atoms with E-state index in [0.717, 1.165) is 23.4 Å². The van der Waals surface area contributed by atoms with Crippen LogP contribution in [0.1, 0.15) is 30.9 Å². The first-order chi connectivity index (χ1) is 13.1. The zero-order chi connectivity index (χ0) is 20.7. The molecule has 0 amide bonds. The van der Waals surface area contributed by atoms with Crippen molar-refractivity contribution >= 4 is 35.6 Å². The van der Waals surface area contributed by atoms with Crippen molar-refractivity contribution in [1.29, 1.82) is 0 Å². The second-order valence-electron chi connectivity index (χ2n) is 6.62. The molecule has 1 unspecified atom stereocenters. The maximum atomic E-state index is 12.7. The third kappa shape index (κ3) is 8.48. The summed E-state index contributed by atoms with van der Waals surface area (Å²) in [6.07, 6.45) is -5.47. The van der Waals surface area contributed by atoms with Gasteiger partial charge in [0.2, 0.25) is 0 Å². The number of aliphatic imine (C=N–C) groups is 1. The van der Waals surface area contributed by atoms with E-state index in [-0.39, 0.29) is 48.8 Å². The van der Waals surface area contributed by atoms with Gasteiger partial charge in [-0.3, -0.25) is 4.99 Å². The molecular weight excluding hydrogens is 498 g/mol. The molecule has 0 heterocycles. The number of halogens is 4. The van der Waals surface area contributed by atoms with Crippen molar-refractivity contribution in [2.75, 3.05) is 18.5 Å². The Morgan fingerprint density at radius 3 is 2.52 bits per heavy atom. The number of aliphatic hydroxyl groups is 1. The van der Waals surface area contributed by atoms with E-state index in [4.69, 9.17) is 10.5 Å². The lowest BCUT2D eigenvalue weighted by molar-refractivity contribution is -0.137. The molecule has 0 aliphatic carbocycles. The van der Waals surface area contributed by atoms with Crippen molar-refractivity contribution in [3.63, 3.8) is 0 Å². The van der Waals surface area contributed by atoms with Gasteiger partial charge in [-0.25, -0.2) is 0 Å². The number of anilines is 1. The van der Waals surface area contributed by atoms with Crippen LogP contribution >= 0.6 is 24.0 Å². The fraction of sp³-hybridized carbons (Fsp3) is 0.350. The zero-order valence-electron chi connectivity index (χ0n) is 16.1. The molecule has 0 fully saturated rings. The van der Waals surface area contributed by atoms with E-state index in [1.54, 1.807) is 0 Å². The maximum absolute atomic E-state index is 12.7. The van der Waals surface area contributed by atoms with Crippen LogP contribution in [0.15, 0.2) is 53.5 Å². The first kappa shape index (κ1) is 25.0. The summed E-state index contributed by atoms with van der Waals surface area (Å²) in [6.45, 7) is 3.90. The smallest absolute Gasteiger partial charge is 0.416 e. The van der Waals surface area contributed by atoms with Crippen LogP contribution in [0.5, 0.6) is 5.75 Å². The Bertz CT molecular complexity index is 814. The molecule has 1 atom stereocenters. The van der Waals surface area contributed by atoms with Gasteiger partial charge in [0, 0.05) is 5.69 Å². The van der Waals surface area contributed by atoms with Gasteiger partial charge in [-0.1, -0.05) is 32.0 Å². The number of nitrogens with zero attached hydrogens (tertiary/aromatic N) is 1. The van der Waals surface area contributed by atoms with Crippen LogP contribution in [0.2, 0.25) is 0 Å². The lowest BCUT2D eigenvalue weighted by Crippen LogP contribution is -2.27. The lowest BCUT2D eigenvalue weighted by atomic mass is 10.0. The molecule has 4 N–H and O–H groups in total. The third-order valence-corrected chi connectivity index (χ3v) is 3.90. The van der Waals surface area contributed by atoms with Crippen LogP contribution in [0.4, 0.5) is 18.9 Å². The molecule has 2 aromatic carbocycles. The highest BCUT2D eigenvalue weighted by atomic mass is 127. The second-order valence-corrected chi connectivity index (χ2v) is 6.62. The molecule has 5 nitrogen and oxygen atoms in total. The van der Waals surface area contributed by atoms with Crippen molar-refractivity contribution in [3.8, 4) is 5.75 Å². The number of nitrogens with one attached hydrogen (secondary N) is 1. The van der Waals surface area contributed by atoms with Gasteiger partial charge in [0.1, 0.15) is 18.5 Å². The van der Waals surface area contributed by atoms with Gasteiger partial charge in [0.05, 0.1) is 12.1 Å². The predicted molar refractivity (Wildman–Crippen MR) is 119 cm³/mol. The first-order valence-corrected chi connectivity index (χ1v) is 8.80. The number of hydrogen-bond acceptors (Lipinski definition) is 3. The number of ether oxygens (including phenoxy) is 1. The van der Waals surface area contributed by atoms with E-state index in [2.05, 4.69) is 24.2 Å². The quantitative estimate of drug-likeness (QED) is 0.282. The number of alkyl halides is 3. The minimum atomic E-state index is -4.45. The Balaban J connectivity index is 0.00000420. The summed E-state index contributed by atoms with van der Waals surface area (Å²) >= 11 is 0. The van der Waals surface area contributed by atoms with Crippen LogP contribution in [0.3, 0.4) is 0 Å². The van der Waals surface area contributed by atoms with Gasteiger partial charge < -0.3 is 20.9 Å². The molecule has 0 saturated heterocycles. The van der Waals surface area contributed by atoms with Crippen LogP contribution in [0, 0.1) is 0 Å². The molecule has 0 saturated carbocycles. The first-order valence-electron chi connectivity index (χ1n) is 8.80. The van der Waals surface area contributed by atoms with E-state index >= 15 is 0 Å². The average Bonchev–Trinajstić information content (AvgIpc) is 2.64. The Morgan fingerprint density at radius 1 is 1.17 bits per heavy atom. The number of benzene rings is 2. The van der Waals surface area contributed by atoms with E-state index in [1.807, 2.05) is 24.3 Å². The molecule has 0 spiro atoms. The minimum Gasteiger partial charge on any atom is -0.491 e. The lowest BCUT2D eigenvalue weighted by Gasteiger charge is -2.13. The van der Waals surface area contributed by atoms with Gasteiger partial charge in [-0.15, -0.1) is 24.0 Å². The summed E-state index contributed by atoms with van der Waals surface area (Å²) in [5.41, 5.74) is 6.93. The van der Waals surface area contributed by atoms with Gasteiger partial charge in [0.25, 0.3) is 0 Å². The molecular formula is C20H25F3IN3O2. The Hall–Kier alpha value is -2.01. The number of guanidine groups is 1. The Morgan fingerprint density at radius 2 is 1.86 bits per heavy atom. The predicted octanol–water partition coefficient (Wildman–Crippen LogP) is 4.61. The molecule has 2 aromatic rings. The minimum absolute atomic E-state index is 0. The van der Waals surface area contributed by atoms with Crippen LogP contribution in [-0.4, -0.2) is 30.3 Å². The number of hydrogen-bond donors (Lipinski definition) is 3. The topological polar surface area (TPSA) is 79.9 Å². The summed E-state index contributed by atoms with van der Waals surface area (Å²) < 4.78 is 43.3. The monoisotopic (exact) mass is 523 g/mol. The number of nitrogens with two attached hydrogens (primary N) is 1. The molecule has 0 radical (unpaired) electrons. The highest BCUT2D eigenvalue weighted by Crippen LogP contribution is 2.31. The molecule has 2 rings (SSSR count). The normalized spacial score (nSPS) is 13.0. The number of aliphatic hydroxyl groups excluding tert-OH is 1. The van der Waals surface area contributed by atoms with Crippen molar-refractivity contribution in [2.45, 2.75) is 32.0 Å². The van der Waals surface area contributed by atoms with E-state index < -0.39 is 17.8 Å². The highest BCUT2D eigenvalue weighted by Gasteiger charge is 2.30. The summed E-state index contributed by atoms with van der Waals surface area (Å²) in [5, 5.41) is 12.9. The van der Waals surface area contributed by atoms with Crippen molar-refractivity contribution in [2.24, 2.45) is 10.7 Å². The summed E-state index contributed by atoms with van der Waals surface area (Å²) in [4.78, 5) is 4.04. The largest absolute Gasteiger partial charge is 0.491 e. The van der Waals surface area contributed by atoms with E-state index in [9.17, 15) is 18.3 Å². The van der Waals surface area contributed by atoms with Gasteiger partial charge in [-0.2, -0.15) is 13.2 Å². The molecule has 160 valence electrons. The number of rotatable bonds is 7. The standard InChI is InChI=1S/C20H24F3N3O2.HI/c1-13(2)14-5-3-7-16(9-14)26-19(24)25-11-17(27)12-28-18-8-4-6-15(10-18)20(21,22)23;/h3-10,13,17,27H,11-12H2,1-2H3,(H3,24,25,26);1H. The Kier molecular flexibility index (Phi) is 9.71. The van der Waals surface area contributed by atoms with Crippen molar-refractivity contribution < 1.29 is 23.0 Å². The maximum Gasteiger partial charge on any atom is 0.416 e. The highest BCUT2D eigenvalue weighted by molar-refractivity contribution is 14.0. The molecule has 0 aliphatic heterocycles. The summed E-state index contributed by atoms with van der Waals surface area (Å²) in [7, 11) is 0. The fourth-order valence-corrected chi connectivity index (χ4v) is 2.37. The van der Waals surface area contributed by atoms with Gasteiger partial charge in [-0.05, 0) is 41.8 Å². The van der Waals surface area contributed by atoms with Gasteiger partial charge in [0.15, 0.2) is 5.96 Å². The molecule has 0 aliphatic rings. The molecule has 0 aromatic heterocycles. The SMILES string of the molecule is CC(C)c1cccc(NC(N)=NCC(O)COc2cccc(C(F)(F)F)c2)c1.I.